The fraction of sp³-hybridized carbons (Fsp3) is 0.111. The van der Waals surface area contributed by atoms with Crippen LogP contribution in [0, 0.1) is 0 Å². The Balaban J connectivity index is 1.60. The number of hydrogen-bond acceptors (Lipinski definition) is 4. The number of para-hydroxylation sites is 1. The first kappa shape index (κ1) is 13.6. The Morgan fingerprint density at radius 1 is 1.04 bits per heavy atom. The predicted octanol–water partition coefficient (Wildman–Crippen LogP) is 3.82. The lowest BCUT2D eigenvalue weighted by Gasteiger charge is -1.99. The van der Waals surface area contributed by atoms with Crippen LogP contribution >= 0.6 is 0 Å². The number of ether oxygens (including phenoxy) is 1. The molecule has 2 aromatic heterocycles. The average molecular weight is 305 g/mol. The summed E-state index contributed by atoms with van der Waals surface area (Å²) in [6, 6.07) is 15.7. The van der Waals surface area contributed by atoms with Crippen molar-refractivity contribution in [2.24, 2.45) is 0 Å². The summed E-state index contributed by atoms with van der Waals surface area (Å²) in [5, 5.41) is 9.47. The Labute approximate surface area is 132 Å². The van der Waals surface area contributed by atoms with E-state index in [1.807, 2.05) is 42.6 Å². The zero-order chi connectivity index (χ0) is 15.6. The number of rotatable bonds is 4. The number of hydrogen-bond donors (Lipinski definition) is 1. The zero-order valence-corrected chi connectivity index (χ0v) is 12.6. The van der Waals surface area contributed by atoms with E-state index in [0.717, 1.165) is 22.4 Å². The molecule has 0 unspecified atom stereocenters. The number of nitrogens with one attached hydrogen (secondary N) is 1. The molecule has 2 heterocycles. The highest BCUT2D eigenvalue weighted by Crippen LogP contribution is 2.24. The Kier molecular flexibility index (Phi) is 3.31. The smallest absolute Gasteiger partial charge is 0.247 e. The first-order valence-corrected chi connectivity index (χ1v) is 7.35. The number of nitrogens with zero attached hydrogens (tertiary/aromatic N) is 2. The maximum Gasteiger partial charge on any atom is 0.247 e. The van der Waals surface area contributed by atoms with Gasteiger partial charge in [0.1, 0.15) is 5.75 Å². The molecule has 4 rings (SSSR count). The fourth-order valence-corrected chi connectivity index (χ4v) is 2.62. The van der Waals surface area contributed by atoms with Crippen molar-refractivity contribution in [2.75, 3.05) is 7.11 Å². The summed E-state index contributed by atoms with van der Waals surface area (Å²) in [6.07, 6.45) is 2.59. The van der Waals surface area contributed by atoms with Crippen LogP contribution in [-0.2, 0) is 6.42 Å². The van der Waals surface area contributed by atoms with Gasteiger partial charge < -0.3 is 14.1 Å². The molecule has 5 nitrogen and oxygen atoms in total. The van der Waals surface area contributed by atoms with Crippen LogP contribution in [0.1, 0.15) is 11.5 Å². The topological polar surface area (TPSA) is 63.9 Å². The summed E-state index contributed by atoms with van der Waals surface area (Å²) in [4.78, 5) is 3.26. The predicted molar refractivity (Wildman–Crippen MR) is 87.4 cm³/mol. The normalized spacial score (nSPS) is 11.0. The van der Waals surface area contributed by atoms with E-state index in [9.17, 15) is 0 Å². The fourth-order valence-electron chi connectivity index (χ4n) is 2.62. The van der Waals surface area contributed by atoms with Crippen molar-refractivity contribution in [1.82, 2.24) is 15.2 Å². The van der Waals surface area contributed by atoms with E-state index in [1.54, 1.807) is 7.11 Å². The lowest BCUT2D eigenvalue weighted by atomic mass is 10.1. The molecule has 0 saturated heterocycles. The van der Waals surface area contributed by atoms with Crippen molar-refractivity contribution in [2.45, 2.75) is 6.42 Å². The lowest BCUT2D eigenvalue weighted by molar-refractivity contribution is 0.415. The molecule has 0 aliphatic rings. The molecular weight excluding hydrogens is 290 g/mol. The summed E-state index contributed by atoms with van der Waals surface area (Å²) in [7, 11) is 1.64. The standard InChI is InChI=1S/C18H15N3O2/c1-22-14-8-6-12(7-9-14)18-21-20-17(23-18)10-13-11-19-16-5-3-2-4-15(13)16/h2-9,11,19H,10H2,1H3. The molecule has 2 aromatic carbocycles. The SMILES string of the molecule is COc1ccc(-c2nnc(Cc3c[nH]c4ccccc34)o2)cc1. The summed E-state index contributed by atoms with van der Waals surface area (Å²) in [5.74, 6) is 1.91. The van der Waals surface area contributed by atoms with Crippen molar-refractivity contribution < 1.29 is 9.15 Å². The van der Waals surface area contributed by atoms with Gasteiger partial charge in [0.05, 0.1) is 13.5 Å². The second-order valence-corrected chi connectivity index (χ2v) is 5.27. The Morgan fingerprint density at radius 2 is 1.87 bits per heavy atom. The number of aromatic nitrogens is 3. The van der Waals surface area contributed by atoms with E-state index in [0.29, 0.717) is 18.2 Å². The largest absolute Gasteiger partial charge is 0.497 e. The summed E-state index contributed by atoms with van der Waals surface area (Å²) in [5.41, 5.74) is 3.13. The molecule has 0 aliphatic heterocycles. The Hall–Kier alpha value is -3.08. The molecule has 4 aromatic rings. The van der Waals surface area contributed by atoms with Crippen LogP contribution in [0.15, 0.2) is 59.1 Å². The van der Waals surface area contributed by atoms with Crippen LogP contribution in [0.5, 0.6) is 5.75 Å². The molecule has 114 valence electrons. The van der Waals surface area contributed by atoms with Gasteiger partial charge in [-0.15, -0.1) is 10.2 Å². The van der Waals surface area contributed by atoms with Gasteiger partial charge in [-0.2, -0.15) is 0 Å². The highest BCUT2D eigenvalue weighted by Gasteiger charge is 2.11. The highest BCUT2D eigenvalue weighted by molar-refractivity contribution is 5.83. The van der Waals surface area contributed by atoms with Gasteiger partial charge in [-0.1, -0.05) is 18.2 Å². The quantitative estimate of drug-likeness (QED) is 0.622. The molecule has 0 atom stereocenters. The minimum atomic E-state index is 0.516. The van der Waals surface area contributed by atoms with Gasteiger partial charge >= 0.3 is 0 Å². The summed E-state index contributed by atoms with van der Waals surface area (Å²) < 4.78 is 10.9. The van der Waals surface area contributed by atoms with E-state index < -0.39 is 0 Å². The minimum absolute atomic E-state index is 0.516. The molecule has 0 radical (unpaired) electrons. The molecule has 0 saturated carbocycles. The van der Waals surface area contributed by atoms with Crippen LogP contribution in [0.25, 0.3) is 22.4 Å². The van der Waals surface area contributed by atoms with Crippen LogP contribution in [0.2, 0.25) is 0 Å². The van der Waals surface area contributed by atoms with Gasteiger partial charge in [0.25, 0.3) is 0 Å². The van der Waals surface area contributed by atoms with E-state index in [-0.39, 0.29) is 0 Å². The molecule has 23 heavy (non-hydrogen) atoms. The molecule has 1 N–H and O–H groups in total. The van der Waals surface area contributed by atoms with Gasteiger partial charge in [0.2, 0.25) is 11.8 Å². The number of aromatic amines is 1. The summed E-state index contributed by atoms with van der Waals surface area (Å²) >= 11 is 0. The number of benzene rings is 2. The Morgan fingerprint density at radius 3 is 2.70 bits per heavy atom. The second-order valence-electron chi connectivity index (χ2n) is 5.27. The number of fused-ring (bicyclic) bond motifs is 1. The number of methoxy groups -OCH3 is 1. The lowest BCUT2D eigenvalue weighted by Crippen LogP contribution is -1.86. The zero-order valence-electron chi connectivity index (χ0n) is 12.6. The van der Waals surface area contributed by atoms with Crippen molar-refractivity contribution in [3.05, 3.63) is 66.2 Å². The average Bonchev–Trinajstić information content (AvgIpc) is 3.23. The van der Waals surface area contributed by atoms with E-state index >= 15 is 0 Å². The third-order valence-electron chi connectivity index (χ3n) is 3.82. The van der Waals surface area contributed by atoms with Gasteiger partial charge in [-0.3, -0.25) is 0 Å². The molecular formula is C18H15N3O2. The van der Waals surface area contributed by atoms with Gasteiger partial charge in [0, 0.05) is 22.7 Å². The molecule has 0 spiro atoms. The molecule has 0 aliphatic carbocycles. The monoisotopic (exact) mass is 305 g/mol. The third-order valence-corrected chi connectivity index (χ3v) is 3.82. The van der Waals surface area contributed by atoms with Gasteiger partial charge in [0.15, 0.2) is 0 Å². The van der Waals surface area contributed by atoms with E-state index in [2.05, 4.69) is 27.3 Å². The van der Waals surface area contributed by atoms with Crippen LogP contribution in [0.3, 0.4) is 0 Å². The molecule has 0 amide bonds. The van der Waals surface area contributed by atoms with Crippen LogP contribution in [0.4, 0.5) is 0 Å². The molecule has 5 heteroatoms. The van der Waals surface area contributed by atoms with Crippen molar-refractivity contribution in [3.8, 4) is 17.2 Å². The maximum atomic E-state index is 5.79. The van der Waals surface area contributed by atoms with E-state index in [1.165, 1.54) is 5.39 Å². The van der Waals surface area contributed by atoms with Crippen molar-refractivity contribution in [1.29, 1.82) is 0 Å². The second kappa shape index (κ2) is 5.61. The highest BCUT2D eigenvalue weighted by atomic mass is 16.5. The molecule has 0 bridgehead atoms. The summed E-state index contributed by atoms with van der Waals surface area (Å²) in [6.45, 7) is 0. The van der Waals surface area contributed by atoms with Crippen molar-refractivity contribution in [3.63, 3.8) is 0 Å². The minimum Gasteiger partial charge on any atom is -0.497 e. The first-order valence-electron chi connectivity index (χ1n) is 7.35. The third kappa shape index (κ3) is 2.57. The Bertz CT molecular complexity index is 938. The maximum absolute atomic E-state index is 5.79. The molecule has 0 fully saturated rings. The first-order chi connectivity index (χ1) is 11.3. The van der Waals surface area contributed by atoms with Gasteiger partial charge in [-0.25, -0.2) is 0 Å². The van der Waals surface area contributed by atoms with Crippen molar-refractivity contribution >= 4 is 10.9 Å². The van der Waals surface area contributed by atoms with Gasteiger partial charge in [-0.05, 0) is 35.9 Å². The number of H-pyrrole nitrogens is 1. The van der Waals surface area contributed by atoms with E-state index in [4.69, 9.17) is 9.15 Å². The van der Waals surface area contributed by atoms with Crippen LogP contribution in [-0.4, -0.2) is 22.3 Å². The van der Waals surface area contributed by atoms with Crippen LogP contribution < -0.4 is 4.74 Å².